The van der Waals surface area contributed by atoms with Gasteiger partial charge in [-0.2, -0.15) is 0 Å². The summed E-state index contributed by atoms with van der Waals surface area (Å²) in [6.45, 7) is 14.8. The van der Waals surface area contributed by atoms with E-state index in [1.807, 2.05) is 43.3 Å². The standard InChI is InChI=1S/C34H43N5O2/c1-9-26-23(3)19-25(34(5,6)7)20-30(26)39-32(10-2)38-29-15-16-31(28-14-12-11-13-27(28)29)41-33(37-22-35-8)17-18-36-24(4)21-40/h10-22,24,38-39H,9H2,1-8H3,(H,35,37)/b32-10?,33-17+,36-18?. The van der Waals surface area contributed by atoms with Crippen molar-refractivity contribution >= 4 is 41.0 Å². The summed E-state index contributed by atoms with van der Waals surface area (Å²) in [6.07, 6.45) is 8.52. The van der Waals surface area contributed by atoms with E-state index in [0.29, 0.717) is 11.6 Å². The van der Waals surface area contributed by atoms with Gasteiger partial charge in [-0.1, -0.05) is 58.0 Å². The van der Waals surface area contributed by atoms with E-state index in [0.717, 1.165) is 40.7 Å². The van der Waals surface area contributed by atoms with Crippen LogP contribution in [-0.2, 0) is 16.6 Å². The number of rotatable bonds is 12. The highest BCUT2D eigenvalue weighted by Gasteiger charge is 2.18. The third-order valence-electron chi connectivity index (χ3n) is 6.70. The maximum absolute atomic E-state index is 10.9. The van der Waals surface area contributed by atoms with E-state index in [-0.39, 0.29) is 5.41 Å². The van der Waals surface area contributed by atoms with Crippen molar-refractivity contribution in [3.05, 3.63) is 89.1 Å². The Morgan fingerprint density at radius 3 is 2.39 bits per heavy atom. The Morgan fingerprint density at radius 2 is 1.76 bits per heavy atom. The van der Waals surface area contributed by atoms with Crippen LogP contribution in [-0.4, -0.2) is 31.9 Å². The van der Waals surface area contributed by atoms with Crippen LogP contribution in [0.4, 0.5) is 11.4 Å². The molecule has 0 amide bonds. The van der Waals surface area contributed by atoms with Gasteiger partial charge in [-0.25, -0.2) is 0 Å². The highest BCUT2D eigenvalue weighted by atomic mass is 16.5. The summed E-state index contributed by atoms with van der Waals surface area (Å²) in [4.78, 5) is 19.1. The molecule has 0 aliphatic rings. The van der Waals surface area contributed by atoms with Gasteiger partial charge in [0.15, 0.2) is 5.88 Å². The number of carbonyl (C=O) groups is 1. The Labute approximate surface area is 244 Å². The number of fused-ring (bicyclic) bond motifs is 1. The predicted molar refractivity (Wildman–Crippen MR) is 174 cm³/mol. The summed E-state index contributed by atoms with van der Waals surface area (Å²) in [6, 6.07) is 16.2. The minimum Gasteiger partial charge on any atom is -0.440 e. The molecular formula is C34H43N5O2. The molecule has 3 aromatic rings. The molecule has 0 spiro atoms. The van der Waals surface area contributed by atoms with Gasteiger partial charge in [-0.3, -0.25) is 9.98 Å². The number of hydrogen-bond donors (Lipinski definition) is 3. The molecule has 3 N–H and O–H groups in total. The second-order valence-electron chi connectivity index (χ2n) is 10.9. The number of nitrogens with one attached hydrogen (secondary N) is 3. The molecular weight excluding hydrogens is 510 g/mol. The molecule has 7 nitrogen and oxygen atoms in total. The Morgan fingerprint density at radius 1 is 1.05 bits per heavy atom. The first-order valence-corrected chi connectivity index (χ1v) is 14.0. The lowest BCUT2D eigenvalue weighted by Crippen LogP contribution is -2.17. The predicted octanol–water partition coefficient (Wildman–Crippen LogP) is 7.52. The van der Waals surface area contributed by atoms with Crippen LogP contribution in [0.15, 0.2) is 82.4 Å². The molecule has 0 saturated heterocycles. The zero-order chi connectivity index (χ0) is 30.0. The number of aliphatic imine (C=N–C) groups is 2. The monoisotopic (exact) mass is 553 g/mol. The van der Waals surface area contributed by atoms with E-state index >= 15 is 0 Å². The lowest BCUT2D eigenvalue weighted by atomic mass is 9.84. The molecule has 0 saturated carbocycles. The fourth-order valence-corrected chi connectivity index (χ4v) is 4.41. The van der Waals surface area contributed by atoms with Crippen molar-refractivity contribution in [3.63, 3.8) is 0 Å². The van der Waals surface area contributed by atoms with Gasteiger partial charge in [0.1, 0.15) is 23.9 Å². The van der Waals surface area contributed by atoms with Gasteiger partial charge in [0, 0.05) is 41.5 Å². The van der Waals surface area contributed by atoms with E-state index in [9.17, 15) is 4.79 Å². The molecule has 0 heterocycles. The first-order chi connectivity index (χ1) is 19.6. The van der Waals surface area contributed by atoms with Gasteiger partial charge >= 0.3 is 0 Å². The van der Waals surface area contributed by atoms with Gasteiger partial charge < -0.3 is 25.5 Å². The molecule has 0 aliphatic heterocycles. The average Bonchev–Trinajstić information content (AvgIpc) is 2.95. The molecule has 41 heavy (non-hydrogen) atoms. The van der Waals surface area contributed by atoms with Crippen LogP contribution in [0, 0.1) is 6.92 Å². The van der Waals surface area contributed by atoms with Crippen molar-refractivity contribution in [1.29, 1.82) is 0 Å². The third kappa shape index (κ3) is 8.30. The molecule has 1 atom stereocenters. The number of benzene rings is 3. The third-order valence-corrected chi connectivity index (χ3v) is 6.70. The number of allylic oxidation sites excluding steroid dienone is 2. The first kappa shape index (κ1) is 31.1. The molecule has 7 heteroatoms. The molecule has 1 unspecified atom stereocenters. The summed E-state index contributed by atoms with van der Waals surface area (Å²) in [5, 5.41) is 12.2. The van der Waals surface area contributed by atoms with Gasteiger partial charge in [0.25, 0.3) is 0 Å². The molecule has 0 bridgehead atoms. The van der Waals surface area contributed by atoms with Crippen molar-refractivity contribution < 1.29 is 9.53 Å². The number of nitrogens with zero attached hydrogens (tertiary/aromatic N) is 2. The number of carbonyl (C=O) groups excluding carboxylic acids is 1. The lowest BCUT2D eigenvalue weighted by molar-refractivity contribution is -0.108. The van der Waals surface area contributed by atoms with E-state index in [4.69, 9.17) is 4.74 Å². The zero-order valence-corrected chi connectivity index (χ0v) is 25.5. The van der Waals surface area contributed by atoms with Crippen LogP contribution in [0.5, 0.6) is 5.75 Å². The number of aldehydes is 1. The van der Waals surface area contributed by atoms with E-state index < -0.39 is 6.04 Å². The quantitative estimate of drug-likeness (QED) is 0.0934. The summed E-state index contributed by atoms with van der Waals surface area (Å²) < 4.78 is 6.24. The summed E-state index contributed by atoms with van der Waals surface area (Å²) >= 11 is 0. The zero-order valence-electron chi connectivity index (χ0n) is 25.5. The maximum Gasteiger partial charge on any atom is 0.200 e. The van der Waals surface area contributed by atoms with Crippen LogP contribution in [0.2, 0.25) is 0 Å². The van der Waals surface area contributed by atoms with Crippen molar-refractivity contribution in [3.8, 4) is 5.75 Å². The van der Waals surface area contributed by atoms with E-state index in [2.05, 4.69) is 78.8 Å². The molecule has 3 aromatic carbocycles. The summed E-state index contributed by atoms with van der Waals surface area (Å²) in [5.41, 5.74) is 6.01. The van der Waals surface area contributed by atoms with E-state index in [1.54, 1.807) is 26.3 Å². The molecule has 0 fully saturated rings. The number of anilines is 2. The maximum atomic E-state index is 10.9. The SMILES string of the molecule is CC=C(Nc1cc(C(C)(C)C)cc(C)c1CC)Nc1ccc(O/C(=C/C=NC(C)C=O)NC=NC)c2ccccc12. The fourth-order valence-electron chi connectivity index (χ4n) is 4.41. The minimum atomic E-state index is -0.429. The normalized spacial score (nSPS) is 13.6. The van der Waals surface area contributed by atoms with Crippen molar-refractivity contribution in [1.82, 2.24) is 5.32 Å². The molecule has 0 aromatic heterocycles. The van der Waals surface area contributed by atoms with Crippen LogP contribution in [0.1, 0.15) is 58.2 Å². The van der Waals surface area contributed by atoms with Crippen LogP contribution in [0.3, 0.4) is 0 Å². The smallest absolute Gasteiger partial charge is 0.200 e. The summed E-state index contributed by atoms with van der Waals surface area (Å²) in [7, 11) is 1.67. The topological polar surface area (TPSA) is 87.1 Å². The highest BCUT2D eigenvalue weighted by Crippen LogP contribution is 2.34. The van der Waals surface area contributed by atoms with Crippen molar-refractivity contribution in [2.45, 2.75) is 66.3 Å². The summed E-state index contributed by atoms with van der Waals surface area (Å²) in [5.74, 6) is 1.99. The first-order valence-electron chi connectivity index (χ1n) is 14.0. The largest absolute Gasteiger partial charge is 0.440 e. The van der Waals surface area contributed by atoms with Crippen LogP contribution in [0.25, 0.3) is 10.8 Å². The molecule has 3 rings (SSSR count). The Hall–Kier alpha value is -4.39. The lowest BCUT2D eigenvalue weighted by Gasteiger charge is -2.24. The Balaban J connectivity index is 1.95. The Kier molecular flexibility index (Phi) is 10.9. The van der Waals surface area contributed by atoms with Gasteiger partial charge in [-0.15, -0.1) is 0 Å². The van der Waals surface area contributed by atoms with Gasteiger partial charge in [0.05, 0.1) is 6.34 Å². The average molecular weight is 554 g/mol. The minimum absolute atomic E-state index is 0.0484. The van der Waals surface area contributed by atoms with Crippen LogP contribution >= 0.6 is 0 Å². The number of ether oxygens (including phenoxy) is 1. The molecule has 0 aliphatic carbocycles. The van der Waals surface area contributed by atoms with Crippen molar-refractivity contribution in [2.75, 3.05) is 17.7 Å². The fraction of sp³-hybridized carbons (Fsp3) is 0.324. The van der Waals surface area contributed by atoms with Gasteiger partial charge in [-0.05, 0) is 73.6 Å². The second-order valence-corrected chi connectivity index (χ2v) is 10.9. The number of hydrogen-bond acceptors (Lipinski definition) is 6. The second kappa shape index (κ2) is 14.3. The van der Waals surface area contributed by atoms with E-state index in [1.165, 1.54) is 23.0 Å². The Bertz CT molecular complexity index is 1480. The molecule has 216 valence electrons. The number of aryl methyl sites for hydroxylation is 1. The highest BCUT2D eigenvalue weighted by molar-refractivity contribution is 5.98. The van der Waals surface area contributed by atoms with Gasteiger partial charge in [0.2, 0.25) is 0 Å². The molecule has 0 radical (unpaired) electrons. The van der Waals surface area contributed by atoms with Crippen molar-refractivity contribution in [2.24, 2.45) is 9.98 Å². The van der Waals surface area contributed by atoms with Crippen LogP contribution < -0.4 is 20.7 Å².